The molecule has 0 spiro atoms. The molecular weight excluding hydrogens is 448 g/mol. The molecule has 33 heavy (non-hydrogen) atoms. The van der Waals surface area contributed by atoms with E-state index in [0.717, 1.165) is 5.56 Å². The molecule has 1 N–H and O–H groups in total. The van der Waals surface area contributed by atoms with Crippen molar-refractivity contribution in [1.29, 1.82) is 0 Å². The van der Waals surface area contributed by atoms with Crippen LogP contribution >= 0.6 is 0 Å². The second-order valence-corrected chi connectivity index (χ2v) is 8.86. The molecule has 3 rings (SSSR count). The largest absolute Gasteiger partial charge is 0.416 e. The molecule has 1 saturated carbocycles. The van der Waals surface area contributed by atoms with E-state index in [0.29, 0.717) is 12.1 Å². The lowest BCUT2D eigenvalue weighted by molar-refractivity contribution is -0.143. The number of carbonyl (C=O) groups is 2. The number of halogens is 6. The van der Waals surface area contributed by atoms with Gasteiger partial charge in [-0.2, -0.15) is 26.3 Å². The van der Waals surface area contributed by atoms with E-state index in [1.165, 1.54) is 13.8 Å². The summed E-state index contributed by atoms with van der Waals surface area (Å²) in [5.74, 6) is -0.698. The van der Waals surface area contributed by atoms with E-state index < -0.39 is 45.9 Å². The number of nitrogens with one attached hydrogen (secondary N) is 1. The van der Waals surface area contributed by atoms with Crippen LogP contribution in [-0.4, -0.2) is 11.7 Å². The fourth-order valence-corrected chi connectivity index (χ4v) is 4.02. The molecule has 0 aromatic heterocycles. The highest BCUT2D eigenvalue weighted by Gasteiger charge is 2.43. The van der Waals surface area contributed by atoms with Gasteiger partial charge < -0.3 is 5.32 Å². The molecule has 0 heterocycles. The molecule has 1 aliphatic carbocycles. The Morgan fingerprint density at radius 1 is 0.818 bits per heavy atom. The first-order chi connectivity index (χ1) is 15.1. The standard InChI is InChI=1S/C24H23F6NO2/c1-21(2,16-12-17(23(25,26)27)14-18(13-16)24(28,29)30)20(33)31-22(10-8-19(32)9-11-22)15-6-4-3-5-7-15/h3-7,12-14H,8-11H2,1-2H3,(H,31,33). The topological polar surface area (TPSA) is 46.2 Å². The summed E-state index contributed by atoms with van der Waals surface area (Å²) in [6.07, 6.45) is -9.05. The Morgan fingerprint density at radius 3 is 1.73 bits per heavy atom. The van der Waals surface area contributed by atoms with Gasteiger partial charge in [-0.25, -0.2) is 0 Å². The Labute approximate surface area is 187 Å². The van der Waals surface area contributed by atoms with Gasteiger partial charge in [-0.1, -0.05) is 30.3 Å². The van der Waals surface area contributed by atoms with E-state index >= 15 is 0 Å². The Morgan fingerprint density at radius 2 is 1.27 bits per heavy atom. The number of alkyl halides is 6. The highest BCUT2D eigenvalue weighted by Crippen LogP contribution is 2.41. The Kier molecular flexibility index (Phi) is 6.39. The van der Waals surface area contributed by atoms with Crippen LogP contribution < -0.4 is 5.32 Å². The van der Waals surface area contributed by atoms with Crippen molar-refractivity contribution < 1.29 is 35.9 Å². The van der Waals surface area contributed by atoms with Crippen molar-refractivity contribution in [2.45, 2.75) is 62.8 Å². The fourth-order valence-electron chi connectivity index (χ4n) is 4.02. The number of rotatable bonds is 4. The third-order valence-corrected chi connectivity index (χ3v) is 6.22. The molecule has 2 aromatic rings. The van der Waals surface area contributed by atoms with Crippen LogP contribution in [0.25, 0.3) is 0 Å². The summed E-state index contributed by atoms with van der Waals surface area (Å²) in [5.41, 5.74) is -5.30. The van der Waals surface area contributed by atoms with Gasteiger partial charge >= 0.3 is 12.4 Å². The molecule has 0 radical (unpaired) electrons. The van der Waals surface area contributed by atoms with E-state index in [2.05, 4.69) is 5.32 Å². The van der Waals surface area contributed by atoms with Gasteiger partial charge in [0.25, 0.3) is 0 Å². The molecule has 1 fully saturated rings. The minimum atomic E-state index is -5.02. The Bertz CT molecular complexity index is 999. The van der Waals surface area contributed by atoms with Crippen molar-refractivity contribution in [1.82, 2.24) is 5.32 Å². The van der Waals surface area contributed by atoms with E-state index in [4.69, 9.17) is 0 Å². The summed E-state index contributed by atoms with van der Waals surface area (Å²) in [5, 5.41) is 2.87. The van der Waals surface area contributed by atoms with E-state index in [-0.39, 0.29) is 37.5 Å². The average Bonchev–Trinajstić information content (AvgIpc) is 2.74. The Balaban J connectivity index is 2.03. The van der Waals surface area contributed by atoms with Crippen molar-refractivity contribution in [3.05, 3.63) is 70.8 Å². The van der Waals surface area contributed by atoms with E-state index in [1.54, 1.807) is 30.3 Å². The van der Waals surface area contributed by atoms with Gasteiger partial charge in [0, 0.05) is 12.8 Å². The predicted molar refractivity (Wildman–Crippen MR) is 109 cm³/mol. The van der Waals surface area contributed by atoms with Crippen LogP contribution in [-0.2, 0) is 32.9 Å². The van der Waals surface area contributed by atoms with Gasteiger partial charge in [0.1, 0.15) is 5.78 Å². The summed E-state index contributed by atoms with van der Waals surface area (Å²) in [4.78, 5) is 25.2. The maximum absolute atomic E-state index is 13.4. The number of hydrogen-bond donors (Lipinski definition) is 1. The van der Waals surface area contributed by atoms with Crippen molar-refractivity contribution in [3.63, 3.8) is 0 Å². The first kappa shape index (κ1) is 24.8. The van der Waals surface area contributed by atoms with Crippen molar-refractivity contribution in [3.8, 4) is 0 Å². The average molecular weight is 471 g/mol. The van der Waals surface area contributed by atoms with Crippen LogP contribution in [0.3, 0.4) is 0 Å². The second kappa shape index (κ2) is 8.50. The summed E-state index contributed by atoms with van der Waals surface area (Å²) >= 11 is 0. The molecule has 178 valence electrons. The smallest absolute Gasteiger partial charge is 0.346 e. The third kappa shape index (κ3) is 5.23. The SMILES string of the molecule is CC(C)(C(=O)NC1(c2ccccc2)CCC(=O)CC1)c1cc(C(F)(F)F)cc(C(F)(F)F)c1. The summed E-state index contributed by atoms with van der Waals surface area (Å²) in [6, 6.07) is 10.0. The number of amides is 1. The van der Waals surface area contributed by atoms with Crippen LogP contribution in [0.5, 0.6) is 0 Å². The number of benzene rings is 2. The van der Waals surface area contributed by atoms with Crippen LogP contribution in [0.15, 0.2) is 48.5 Å². The molecule has 2 aromatic carbocycles. The lowest BCUT2D eigenvalue weighted by atomic mass is 9.74. The zero-order chi connectivity index (χ0) is 24.7. The van der Waals surface area contributed by atoms with Gasteiger partial charge in [-0.3, -0.25) is 9.59 Å². The minimum Gasteiger partial charge on any atom is -0.346 e. The van der Waals surface area contributed by atoms with Gasteiger partial charge in [-0.05, 0) is 56.0 Å². The normalized spacial score (nSPS) is 17.0. The molecule has 1 aliphatic rings. The summed E-state index contributed by atoms with van der Waals surface area (Å²) in [6.45, 7) is 2.56. The quantitative estimate of drug-likeness (QED) is 0.543. The Hall–Kier alpha value is -2.84. The molecule has 0 atom stereocenters. The van der Waals surface area contributed by atoms with Crippen LogP contribution in [0.1, 0.15) is 61.8 Å². The van der Waals surface area contributed by atoms with E-state index in [9.17, 15) is 35.9 Å². The molecule has 0 unspecified atom stereocenters. The first-order valence-electron chi connectivity index (χ1n) is 10.3. The second-order valence-electron chi connectivity index (χ2n) is 8.86. The maximum Gasteiger partial charge on any atom is 0.416 e. The van der Waals surface area contributed by atoms with Gasteiger partial charge in [0.05, 0.1) is 22.1 Å². The minimum absolute atomic E-state index is 0.0303. The van der Waals surface area contributed by atoms with Gasteiger partial charge in [-0.15, -0.1) is 0 Å². The monoisotopic (exact) mass is 471 g/mol. The van der Waals surface area contributed by atoms with Crippen molar-refractivity contribution in [2.24, 2.45) is 0 Å². The number of ketones is 1. The molecule has 0 bridgehead atoms. The predicted octanol–water partition coefficient (Wildman–Crippen LogP) is 6.16. The van der Waals surface area contributed by atoms with Gasteiger partial charge in [0.15, 0.2) is 0 Å². The third-order valence-electron chi connectivity index (χ3n) is 6.22. The maximum atomic E-state index is 13.4. The fraction of sp³-hybridized carbons (Fsp3) is 0.417. The van der Waals surface area contributed by atoms with Gasteiger partial charge in [0.2, 0.25) is 5.91 Å². The van der Waals surface area contributed by atoms with Crippen LogP contribution in [0.4, 0.5) is 26.3 Å². The van der Waals surface area contributed by atoms with Crippen LogP contribution in [0.2, 0.25) is 0 Å². The summed E-state index contributed by atoms with van der Waals surface area (Å²) < 4.78 is 79.9. The van der Waals surface area contributed by atoms with Crippen molar-refractivity contribution in [2.75, 3.05) is 0 Å². The zero-order valence-corrected chi connectivity index (χ0v) is 18.0. The molecule has 1 amide bonds. The molecule has 3 nitrogen and oxygen atoms in total. The van der Waals surface area contributed by atoms with Crippen LogP contribution in [0, 0.1) is 0 Å². The number of Topliss-reactive ketones (excluding diaryl/α,β-unsaturated/α-hetero) is 1. The summed E-state index contributed by atoms with van der Waals surface area (Å²) in [7, 11) is 0. The highest BCUT2D eigenvalue weighted by atomic mass is 19.4. The van der Waals surface area contributed by atoms with Crippen molar-refractivity contribution >= 4 is 11.7 Å². The lowest BCUT2D eigenvalue weighted by Gasteiger charge is -2.40. The molecule has 9 heteroatoms. The molecule has 0 aliphatic heterocycles. The number of carbonyl (C=O) groups excluding carboxylic acids is 2. The first-order valence-corrected chi connectivity index (χ1v) is 10.3. The molecular formula is C24H23F6NO2. The molecule has 0 saturated heterocycles. The zero-order valence-electron chi connectivity index (χ0n) is 18.0. The van der Waals surface area contributed by atoms with E-state index in [1.807, 2.05) is 0 Å². The lowest BCUT2D eigenvalue weighted by Crippen LogP contribution is -2.53. The number of hydrogen-bond acceptors (Lipinski definition) is 2. The highest BCUT2D eigenvalue weighted by molar-refractivity contribution is 5.89.